The third-order valence-electron chi connectivity index (χ3n) is 2.80. The minimum atomic E-state index is 0.216. The molecule has 82 valence electrons. The average molecular weight is 215 g/mol. The van der Waals surface area contributed by atoms with Gasteiger partial charge in [0.15, 0.2) is 5.82 Å². The van der Waals surface area contributed by atoms with E-state index in [1.165, 1.54) is 0 Å². The van der Waals surface area contributed by atoms with E-state index in [0.717, 1.165) is 30.9 Å². The molecule has 0 aliphatic carbocycles. The minimum absolute atomic E-state index is 0.216. The van der Waals surface area contributed by atoms with Gasteiger partial charge in [-0.2, -0.15) is 0 Å². The molecule has 0 bridgehead atoms. The van der Waals surface area contributed by atoms with Gasteiger partial charge < -0.3 is 5.73 Å². The van der Waals surface area contributed by atoms with Crippen LogP contribution in [0.3, 0.4) is 0 Å². The van der Waals surface area contributed by atoms with Crippen molar-refractivity contribution in [1.29, 1.82) is 0 Å². The molecule has 5 nitrogen and oxygen atoms in total. The van der Waals surface area contributed by atoms with E-state index >= 15 is 0 Å². The number of aromatic nitrogens is 4. The van der Waals surface area contributed by atoms with E-state index in [9.17, 15) is 0 Å². The Balaban J connectivity index is 1.99. The lowest BCUT2D eigenvalue weighted by atomic mass is 10.1. The van der Waals surface area contributed by atoms with Crippen LogP contribution >= 0.6 is 0 Å². The molecule has 0 fully saturated rings. The van der Waals surface area contributed by atoms with Crippen LogP contribution in [0.1, 0.15) is 12.2 Å². The maximum absolute atomic E-state index is 5.90. The van der Waals surface area contributed by atoms with E-state index in [2.05, 4.69) is 15.1 Å². The summed E-state index contributed by atoms with van der Waals surface area (Å²) in [6, 6.07) is 5.96. The molecule has 1 aliphatic heterocycles. The summed E-state index contributed by atoms with van der Waals surface area (Å²) in [5, 5.41) is 4.44. The van der Waals surface area contributed by atoms with Crippen molar-refractivity contribution < 1.29 is 0 Å². The molecule has 0 spiro atoms. The number of aryl methyl sites for hydroxylation is 1. The van der Waals surface area contributed by atoms with Gasteiger partial charge in [-0.1, -0.05) is 6.07 Å². The second-order valence-electron chi connectivity index (χ2n) is 4.04. The predicted octanol–water partition coefficient (Wildman–Crippen LogP) is 0.614. The molecule has 2 aromatic rings. The third-order valence-corrected chi connectivity index (χ3v) is 2.80. The normalized spacial score (nSPS) is 19.4. The molecule has 0 saturated heterocycles. The fraction of sp³-hybridized carbons (Fsp3) is 0.364. The first kappa shape index (κ1) is 9.47. The van der Waals surface area contributed by atoms with E-state index in [0.29, 0.717) is 5.82 Å². The van der Waals surface area contributed by atoms with Crippen molar-refractivity contribution in [3.05, 3.63) is 30.2 Å². The van der Waals surface area contributed by atoms with Crippen molar-refractivity contribution >= 4 is 0 Å². The summed E-state index contributed by atoms with van der Waals surface area (Å²) in [5.74, 6) is 1.67. The predicted molar refractivity (Wildman–Crippen MR) is 59.5 cm³/mol. The molecular formula is C11H13N5. The van der Waals surface area contributed by atoms with Gasteiger partial charge in [-0.15, -0.1) is 5.10 Å². The molecule has 1 aliphatic rings. The van der Waals surface area contributed by atoms with Gasteiger partial charge in [0.1, 0.15) is 11.5 Å². The van der Waals surface area contributed by atoms with Crippen molar-refractivity contribution in [3.63, 3.8) is 0 Å². The van der Waals surface area contributed by atoms with Gasteiger partial charge in [0.2, 0.25) is 0 Å². The first-order chi connectivity index (χ1) is 7.83. The van der Waals surface area contributed by atoms with Crippen LogP contribution in [0.15, 0.2) is 24.4 Å². The highest BCUT2D eigenvalue weighted by molar-refractivity contribution is 5.47. The van der Waals surface area contributed by atoms with Crippen molar-refractivity contribution in [2.45, 2.75) is 25.4 Å². The van der Waals surface area contributed by atoms with Gasteiger partial charge in [0.05, 0.1) is 0 Å². The fourth-order valence-corrected chi connectivity index (χ4v) is 1.93. The van der Waals surface area contributed by atoms with Crippen LogP contribution in [-0.4, -0.2) is 25.8 Å². The molecule has 0 radical (unpaired) electrons. The largest absolute Gasteiger partial charge is 0.327 e. The monoisotopic (exact) mass is 215 g/mol. The Morgan fingerprint density at radius 1 is 1.38 bits per heavy atom. The molecule has 3 rings (SSSR count). The second kappa shape index (κ2) is 3.68. The Morgan fingerprint density at radius 3 is 3.12 bits per heavy atom. The van der Waals surface area contributed by atoms with Gasteiger partial charge in [0.25, 0.3) is 0 Å². The second-order valence-corrected chi connectivity index (χ2v) is 4.04. The van der Waals surface area contributed by atoms with Gasteiger partial charge in [0, 0.05) is 25.2 Å². The van der Waals surface area contributed by atoms with Gasteiger partial charge >= 0.3 is 0 Å². The van der Waals surface area contributed by atoms with E-state index in [-0.39, 0.29) is 6.04 Å². The number of hydrogen-bond acceptors (Lipinski definition) is 4. The van der Waals surface area contributed by atoms with Gasteiger partial charge in [-0.3, -0.25) is 4.98 Å². The molecule has 5 heteroatoms. The van der Waals surface area contributed by atoms with E-state index < -0.39 is 0 Å². The molecule has 2 N–H and O–H groups in total. The summed E-state index contributed by atoms with van der Waals surface area (Å²) < 4.78 is 1.94. The molecule has 1 unspecified atom stereocenters. The van der Waals surface area contributed by atoms with Crippen LogP contribution in [0, 0.1) is 0 Å². The highest BCUT2D eigenvalue weighted by Gasteiger charge is 2.19. The maximum atomic E-state index is 5.90. The van der Waals surface area contributed by atoms with Gasteiger partial charge in [-0.25, -0.2) is 9.67 Å². The number of pyridine rings is 1. The number of rotatable bonds is 1. The molecular weight excluding hydrogens is 202 g/mol. The Morgan fingerprint density at radius 2 is 2.31 bits per heavy atom. The Hall–Kier alpha value is -1.75. The molecule has 0 saturated carbocycles. The Kier molecular flexibility index (Phi) is 2.18. The molecule has 2 aromatic heterocycles. The lowest BCUT2D eigenvalue weighted by Crippen LogP contribution is -2.31. The van der Waals surface area contributed by atoms with E-state index in [1.807, 2.05) is 22.9 Å². The van der Waals surface area contributed by atoms with E-state index in [1.54, 1.807) is 6.20 Å². The highest BCUT2D eigenvalue weighted by Crippen LogP contribution is 2.17. The first-order valence-corrected chi connectivity index (χ1v) is 5.43. The third kappa shape index (κ3) is 1.59. The van der Waals surface area contributed by atoms with Crippen LogP contribution in [0.25, 0.3) is 11.5 Å². The molecule has 1 atom stereocenters. The first-order valence-electron chi connectivity index (χ1n) is 5.43. The zero-order valence-corrected chi connectivity index (χ0v) is 8.87. The van der Waals surface area contributed by atoms with Crippen LogP contribution in [0.2, 0.25) is 0 Å². The number of nitrogens with zero attached hydrogens (tertiary/aromatic N) is 4. The molecule has 0 aromatic carbocycles. The van der Waals surface area contributed by atoms with Crippen LogP contribution in [0.5, 0.6) is 0 Å². The fourth-order valence-electron chi connectivity index (χ4n) is 1.93. The summed E-state index contributed by atoms with van der Waals surface area (Å²) in [7, 11) is 0. The zero-order valence-electron chi connectivity index (χ0n) is 8.87. The van der Waals surface area contributed by atoms with Crippen LogP contribution < -0.4 is 5.73 Å². The molecule has 16 heavy (non-hydrogen) atoms. The summed E-state index contributed by atoms with van der Waals surface area (Å²) in [6.07, 6.45) is 3.53. The topological polar surface area (TPSA) is 69.6 Å². The Labute approximate surface area is 93.3 Å². The standard InChI is InChI=1S/C11H13N5/c12-8-4-6-16-10(7-8)14-11(15-16)9-3-1-2-5-13-9/h1-3,5,8H,4,6-7,12H2. The molecule has 0 amide bonds. The molecule has 3 heterocycles. The lowest BCUT2D eigenvalue weighted by molar-refractivity contribution is 0.433. The van der Waals surface area contributed by atoms with Crippen molar-refractivity contribution in [1.82, 2.24) is 19.7 Å². The summed E-state index contributed by atoms with van der Waals surface area (Å²) in [6.45, 7) is 0.857. The van der Waals surface area contributed by atoms with Crippen molar-refractivity contribution in [3.8, 4) is 11.5 Å². The maximum Gasteiger partial charge on any atom is 0.200 e. The van der Waals surface area contributed by atoms with Gasteiger partial charge in [-0.05, 0) is 18.6 Å². The quantitative estimate of drug-likeness (QED) is 0.756. The van der Waals surface area contributed by atoms with Crippen LogP contribution in [0.4, 0.5) is 0 Å². The van der Waals surface area contributed by atoms with Crippen molar-refractivity contribution in [2.75, 3.05) is 0 Å². The number of hydrogen-bond donors (Lipinski definition) is 1. The summed E-state index contributed by atoms with van der Waals surface area (Å²) in [4.78, 5) is 8.72. The number of nitrogens with two attached hydrogens (primary N) is 1. The smallest absolute Gasteiger partial charge is 0.200 e. The van der Waals surface area contributed by atoms with Crippen LogP contribution in [-0.2, 0) is 13.0 Å². The Bertz CT molecular complexity index is 490. The van der Waals surface area contributed by atoms with Crippen molar-refractivity contribution in [2.24, 2.45) is 5.73 Å². The summed E-state index contributed by atoms with van der Waals surface area (Å²) >= 11 is 0. The number of fused-ring (bicyclic) bond motifs is 1. The lowest BCUT2D eigenvalue weighted by Gasteiger charge is -2.17. The summed E-state index contributed by atoms with van der Waals surface area (Å²) in [5.41, 5.74) is 6.72. The average Bonchev–Trinajstić information content (AvgIpc) is 2.73. The SMILES string of the molecule is NC1CCn2nc(-c3ccccn3)nc2C1. The minimum Gasteiger partial charge on any atom is -0.327 e. The van der Waals surface area contributed by atoms with E-state index in [4.69, 9.17) is 5.73 Å². The zero-order chi connectivity index (χ0) is 11.0. The highest BCUT2D eigenvalue weighted by atomic mass is 15.4.